The number of methoxy groups -OCH3 is 1. The van der Waals surface area contributed by atoms with Gasteiger partial charge in [0.15, 0.2) is 11.5 Å². The van der Waals surface area contributed by atoms with Gasteiger partial charge in [0, 0.05) is 19.4 Å². The van der Waals surface area contributed by atoms with Crippen molar-refractivity contribution in [2.75, 3.05) is 34.1 Å². The van der Waals surface area contributed by atoms with Gasteiger partial charge >= 0.3 is 0 Å². The van der Waals surface area contributed by atoms with Gasteiger partial charge < -0.3 is 29.0 Å². The fourth-order valence-electron chi connectivity index (χ4n) is 4.98. The van der Waals surface area contributed by atoms with Crippen LogP contribution in [0.4, 0.5) is 0 Å². The van der Waals surface area contributed by atoms with E-state index in [2.05, 4.69) is 27.0 Å². The quantitative estimate of drug-likeness (QED) is 0.831. The standard InChI is InChI=1S/C21H31NO5/c1-21(2)11-14(6-8-27-21)16(23)10-15-18-13(5-7-22(15)3)9-17-19(20(18)24-4)26-12-25-17/h9,14-16,23H,5-8,10-12H2,1-4H3/p+1/t14-,15+,16+/m0/s1. The first-order valence-electron chi connectivity index (χ1n) is 10.0. The summed E-state index contributed by atoms with van der Waals surface area (Å²) in [5.41, 5.74) is 2.28. The van der Waals surface area contributed by atoms with E-state index in [0.717, 1.165) is 50.3 Å². The van der Waals surface area contributed by atoms with Crippen LogP contribution in [0.1, 0.15) is 50.3 Å². The van der Waals surface area contributed by atoms with Gasteiger partial charge in [-0.3, -0.25) is 0 Å². The second-order valence-electron chi connectivity index (χ2n) is 8.78. The Labute approximate surface area is 161 Å². The zero-order valence-electron chi connectivity index (χ0n) is 16.8. The smallest absolute Gasteiger partial charge is 0.231 e. The number of aliphatic hydroxyl groups is 1. The summed E-state index contributed by atoms with van der Waals surface area (Å²) in [5, 5.41) is 11.1. The molecule has 1 aromatic rings. The van der Waals surface area contributed by atoms with Crippen LogP contribution >= 0.6 is 0 Å². The summed E-state index contributed by atoms with van der Waals surface area (Å²) < 4.78 is 22.9. The largest absolute Gasteiger partial charge is 0.492 e. The van der Waals surface area contributed by atoms with E-state index in [-0.39, 0.29) is 30.5 Å². The van der Waals surface area contributed by atoms with Crippen LogP contribution in [0.3, 0.4) is 0 Å². The van der Waals surface area contributed by atoms with Crippen LogP contribution in [-0.2, 0) is 11.2 Å². The second-order valence-corrected chi connectivity index (χ2v) is 8.78. The Hall–Kier alpha value is -1.50. The van der Waals surface area contributed by atoms with Gasteiger partial charge in [-0.25, -0.2) is 0 Å². The molecule has 0 amide bonds. The van der Waals surface area contributed by atoms with E-state index in [0.29, 0.717) is 5.75 Å². The fourth-order valence-corrected chi connectivity index (χ4v) is 4.98. The third-order valence-corrected chi connectivity index (χ3v) is 6.44. The van der Waals surface area contributed by atoms with E-state index in [1.807, 2.05) is 0 Å². The van der Waals surface area contributed by atoms with Crippen molar-refractivity contribution in [1.82, 2.24) is 0 Å². The van der Waals surface area contributed by atoms with Crippen LogP contribution < -0.4 is 19.1 Å². The van der Waals surface area contributed by atoms with Gasteiger partial charge in [-0.1, -0.05) is 0 Å². The number of rotatable bonds is 4. The van der Waals surface area contributed by atoms with Gasteiger partial charge in [0.2, 0.25) is 12.5 Å². The van der Waals surface area contributed by atoms with E-state index in [9.17, 15) is 5.11 Å². The summed E-state index contributed by atoms with van der Waals surface area (Å²) in [6.07, 6.45) is 3.15. The predicted octanol–water partition coefficient (Wildman–Crippen LogP) is 1.49. The van der Waals surface area contributed by atoms with Crippen LogP contribution in [0.15, 0.2) is 6.07 Å². The summed E-state index contributed by atoms with van der Waals surface area (Å²) in [4.78, 5) is 1.41. The first-order chi connectivity index (χ1) is 12.9. The molecule has 27 heavy (non-hydrogen) atoms. The highest BCUT2D eigenvalue weighted by Gasteiger charge is 2.40. The van der Waals surface area contributed by atoms with Crippen molar-refractivity contribution in [3.8, 4) is 17.2 Å². The Morgan fingerprint density at radius 2 is 2.19 bits per heavy atom. The number of hydrogen-bond donors (Lipinski definition) is 2. The van der Waals surface area contributed by atoms with Crippen molar-refractivity contribution >= 4 is 0 Å². The summed E-state index contributed by atoms with van der Waals surface area (Å²) in [6.45, 7) is 6.22. The van der Waals surface area contributed by atoms with Gasteiger partial charge in [0.05, 0.1) is 38.0 Å². The summed E-state index contributed by atoms with van der Waals surface area (Å²) >= 11 is 0. The molecule has 150 valence electrons. The van der Waals surface area contributed by atoms with Crippen molar-refractivity contribution in [1.29, 1.82) is 0 Å². The van der Waals surface area contributed by atoms with Crippen molar-refractivity contribution < 1.29 is 29.0 Å². The highest BCUT2D eigenvalue weighted by molar-refractivity contribution is 5.61. The molecule has 0 radical (unpaired) electrons. The number of ether oxygens (including phenoxy) is 4. The van der Waals surface area contributed by atoms with Crippen molar-refractivity contribution in [3.63, 3.8) is 0 Å². The average Bonchev–Trinajstić information content (AvgIpc) is 3.09. The highest BCUT2D eigenvalue weighted by Crippen LogP contribution is 2.48. The zero-order valence-corrected chi connectivity index (χ0v) is 16.8. The van der Waals surface area contributed by atoms with Crippen molar-refractivity contribution in [2.24, 2.45) is 5.92 Å². The van der Waals surface area contributed by atoms with E-state index in [4.69, 9.17) is 18.9 Å². The molecule has 2 N–H and O–H groups in total. The van der Waals surface area contributed by atoms with E-state index in [1.165, 1.54) is 16.0 Å². The maximum Gasteiger partial charge on any atom is 0.231 e. The van der Waals surface area contributed by atoms with Crippen LogP contribution in [-0.4, -0.2) is 50.9 Å². The lowest BCUT2D eigenvalue weighted by Crippen LogP contribution is -3.10. The van der Waals surface area contributed by atoms with Gasteiger partial charge in [-0.2, -0.15) is 0 Å². The molecule has 1 saturated heterocycles. The number of fused-ring (bicyclic) bond motifs is 2. The molecule has 3 aliphatic rings. The molecule has 6 heteroatoms. The SMILES string of the molecule is COc1c2c(cc3c1[C@@H](C[C@@H](O)[C@H]1CCOC(C)(C)C1)[NH+](C)CC3)OCO2. The van der Waals surface area contributed by atoms with Crippen LogP contribution in [0, 0.1) is 5.92 Å². The molecular weight excluding hydrogens is 346 g/mol. The lowest BCUT2D eigenvalue weighted by molar-refractivity contribution is -0.915. The summed E-state index contributed by atoms with van der Waals surface area (Å²) in [5.74, 6) is 2.53. The number of likely N-dealkylation sites (N-methyl/N-ethyl adjacent to an activating group) is 1. The molecule has 0 bridgehead atoms. The molecule has 0 saturated carbocycles. The molecule has 1 unspecified atom stereocenters. The first kappa shape index (κ1) is 18.8. The monoisotopic (exact) mass is 378 g/mol. The Kier molecular flexibility index (Phi) is 4.99. The molecule has 3 heterocycles. The van der Waals surface area contributed by atoms with Gasteiger partial charge in [-0.15, -0.1) is 0 Å². The lowest BCUT2D eigenvalue weighted by Gasteiger charge is -2.40. The van der Waals surface area contributed by atoms with Crippen molar-refractivity contribution in [2.45, 2.75) is 57.3 Å². The minimum atomic E-state index is -0.353. The first-order valence-corrected chi connectivity index (χ1v) is 10.0. The summed E-state index contributed by atoms with van der Waals surface area (Å²) in [7, 11) is 3.90. The Bertz CT molecular complexity index is 704. The number of aliphatic hydroxyl groups excluding tert-OH is 1. The number of hydrogen-bond acceptors (Lipinski definition) is 5. The molecule has 4 atom stereocenters. The second kappa shape index (κ2) is 7.15. The average molecular weight is 378 g/mol. The summed E-state index contributed by atoms with van der Waals surface area (Å²) in [6, 6.07) is 2.28. The van der Waals surface area contributed by atoms with E-state index < -0.39 is 0 Å². The van der Waals surface area contributed by atoms with Crippen molar-refractivity contribution in [3.05, 3.63) is 17.2 Å². The third kappa shape index (κ3) is 3.50. The molecule has 0 aliphatic carbocycles. The van der Waals surface area contributed by atoms with Crippen LogP contribution in [0.5, 0.6) is 17.2 Å². The zero-order chi connectivity index (χ0) is 19.2. The highest BCUT2D eigenvalue weighted by atomic mass is 16.7. The Balaban J connectivity index is 1.62. The normalized spacial score (nSPS) is 29.9. The molecule has 0 aromatic heterocycles. The molecule has 1 aromatic carbocycles. The molecule has 0 spiro atoms. The maximum atomic E-state index is 11.1. The maximum absolute atomic E-state index is 11.1. The number of benzene rings is 1. The predicted molar refractivity (Wildman–Crippen MR) is 101 cm³/mol. The Morgan fingerprint density at radius 3 is 2.93 bits per heavy atom. The van der Waals surface area contributed by atoms with Gasteiger partial charge in [0.25, 0.3) is 0 Å². The lowest BCUT2D eigenvalue weighted by atomic mass is 9.80. The minimum absolute atomic E-state index is 0.156. The van der Waals surface area contributed by atoms with E-state index in [1.54, 1.807) is 7.11 Å². The van der Waals surface area contributed by atoms with E-state index >= 15 is 0 Å². The Morgan fingerprint density at radius 1 is 1.37 bits per heavy atom. The van der Waals surface area contributed by atoms with Crippen LogP contribution in [0.2, 0.25) is 0 Å². The third-order valence-electron chi connectivity index (χ3n) is 6.44. The molecule has 4 rings (SSSR count). The molecule has 1 fully saturated rings. The fraction of sp³-hybridized carbons (Fsp3) is 0.714. The number of quaternary nitrogens is 1. The topological polar surface area (TPSA) is 61.6 Å². The molecule has 6 nitrogen and oxygen atoms in total. The van der Waals surface area contributed by atoms with Gasteiger partial charge in [0.1, 0.15) is 6.04 Å². The minimum Gasteiger partial charge on any atom is -0.492 e. The van der Waals surface area contributed by atoms with Crippen LogP contribution in [0.25, 0.3) is 0 Å². The number of nitrogens with one attached hydrogen (secondary N) is 1. The molecule has 3 aliphatic heterocycles. The molecular formula is C21H32NO5+. The van der Waals surface area contributed by atoms with Gasteiger partial charge in [-0.05, 0) is 44.2 Å².